The molecule has 1 amide bonds. The van der Waals surface area contributed by atoms with Crippen molar-refractivity contribution in [3.63, 3.8) is 0 Å². The van der Waals surface area contributed by atoms with E-state index in [0.717, 1.165) is 51.9 Å². The molecule has 0 bridgehead atoms. The Morgan fingerprint density at radius 3 is 3.06 bits per heavy atom. The van der Waals surface area contributed by atoms with Gasteiger partial charge in [-0.1, -0.05) is 6.92 Å². The summed E-state index contributed by atoms with van der Waals surface area (Å²) >= 11 is 0. The van der Waals surface area contributed by atoms with Crippen molar-refractivity contribution >= 4 is 5.91 Å². The third-order valence-corrected chi connectivity index (χ3v) is 3.95. The second kappa shape index (κ2) is 6.36. The Balaban J connectivity index is 1.71. The molecule has 4 heteroatoms. The zero-order chi connectivity index (χ0) is 12.1. The Morgan fingerprint density at radius 2 is 2.35 bits per heavy atom. The van der Waals surface area contributed by atoms with Crippen LogP contribution in [0, 0.1) is 11.8 Å². The number of carbonyl (C=O) groups excluding carboxylic acids is 1. The van der Waals surface area contributed by atoms with Crippen molar-refractivity contribution in [3.05, 3.63) is 0 Å². The molecule has 0 aliphatic carbocycles. The highest BCUT2D eigenvalue weighted by Crippen LogP contribution is 2.22. The number of nitrogens with one attached hydrogen (secondary N) is 2. The Kier molecular flexibility index (Phi) is 4.80. The highest BCUT2D eigenvalue weighted by Gasteiger charge is 2.28. The topological polar surface area (TPSA) is 50.4 Å². The van der Waals surface area contributed by atoms with E-state index >= 15 is 0 Å². The summed E-state index contributed by atoms with van der Waals surface area (Å²) in [7, 11) is 0. The molecule has 2 N–H and O–H groups in total. The Hall–Kier alpha value is -0.610. The lowest BCUT2D eigenvalue weighted by Crippen LogP contribution is -2.42. The maximum atomic E-state index is 12.0. The molecular weight excluding hydrogens is 216 g/mol. The average Bonchev–Trinajstić information content (AvgIpc) is 2.84. The fraction of sp³-hybridized carbons (Fsp3) is 0.923. The van der Waals surface area contributed by atoms with Gasteiger partial charge in [0.05, 0.1) is 12.0 Å². The summed E-state index contributed by atoms with van der Waals surface area (Å²) in [6.07, 6.45) is 4.62. The summed E-state index contributed by atoms with van der Waals surface area (Å²) in [5.41, 5.74) is 0. The SMILES string of the molecule is CCC1OCCC1CNC(=O)[C@H]1CCCNC1. The van der Waals surface area contributed by atoms with Crippen LogP contribution in [0.1, 0.15) is 32.6 Å². The summed E-state index contributed by atoms with van der Waals surface area (Å²) in [6, 6.07) is 0. The first-order valence-corrected chi connectivity index (χ1v) is 6.91. The molecule has 0 saturated carbocycles. The lowest BCUT2D eigenvalue weighted by molar-refractivity contribution is -0.125. The maximum Gasteiger partial charge on any atom is 0.224 e. The van der Waals surface area contributed by atoms with Crippen LogP contribution in [0.3, 0.4) is 0 Å². The summed E-state index contributed by atoms with van der Waals surface area (Å²) in [5.74, 6) is 0.908. The van der Waals surface area contributed by atoms with Gasteiger partial charge >= 0.3 is 0 Å². The zero-order valence-corrected chi connectivity index (χ0v) is 10.7. The predicted molar refractivity (Wildman–Crippen MR) is 66.7 cm³/mol. The van der Waals surface area contributed by atoms with Crippen LogP contribution < -0.4 is 10.6 Å². The Labute approximate surface area is 103 Å². The summed E-state index contributed by atoms with van der Waals surface area (Å²) < 4.78 is 5.63. The van der Waals surface area contributed by atoms with E-state index in [1.54, 1.807) is 0 Å². The molecule has 2 rings (SSSR count). The third-order valence-electron chi connectivity index (χ3n) is 3.95. The van der Waals surface area contributed by atoms with Gasteiger partial charge in [0, 0.05) is 25.6 Å². The molecule has 3 atom stereocenters. The number of rotatable bonds is 4. The van der Waals surface area contributed by atoms with Crippen molar-refractivity contribution in [2.75, 3.05) is 26.2 Å². The van der Waals surface area contributed by atoms with Crippen molar-refractivity contribution in [2.45, 2.75) is 38.7 Å². The van der Waals surface area contributed by atoms with Gasteiger partial charge < -0.3 is 15.4 Å². The molecule has 2 aliphatic heterocycles. The minimum atomic E-state index is 0.172. The van der Waals surface area contributed by atoms with E-state index in [-0.39, 0.29) is 11.8 Å². The van der Waals surface area contributed by atoms with E-state index in [1.165, 1.54) is 0 Å². The van der Waals surface area contributed by atoms with Gasteiger partial charge in [-0.05, 0) is 32.2 Å². The molecule has 17 heavy (non-hydrogen) atoms. The molecule has 0 aromatic heterocycles. The van der Waals surface area contributed by atoms with Crippen LogP contribution in [0.5, 0.6) is 0 Å². The van der Waals surface area contributed by atoms with Gasteiger partial charge in [-0.3, -0.25) is 4.79 Å². The molecular formula is C13H24N2O2. The van der Waals surface area contributed by atoms with Crippen molar-refractivity contribution in [1.29, 1.82) is 0 Å². The van der Waals surface area contributed by atoms with Gasteiger partial charge in [0.25, 0.3) is 0 Å². The number of hydrogen-bond acceptors (Lipinski definition) is 3. The monoisotopic (exact) mass is 240 g/mol. The van der Waals surface area contributed by atoms with Gasteiger partial charge in [-0.25, -0.2) is 0 Å². The Bertz CT molecular complexity index is 252. The van der Waals surface area contributed by atoms with Gasteiger partial charge in [0.1, 0.15) is 0 Å². The van der Waals surface area contributed by atoms with Crippen LogP contribution >= 0.6 is 0 Å². The van der Waals surface area contributed by atoms with Gasteiger partial charge in [0.2, 0.25) is 5.91 Å². The molecule has 2 unspecified atom stereocenters. The first-order valence-electron chi connectivity index (χ1n) is 6.91. The molecule has 2 aliphatic rings. The van der Waals surface area contributed by atoms with E-state index in [4.69, 9.17) is 4.74 Å². The van der Waals surface area contributed by atoms with E-state index in [0.29, 0.717) is 12.0 Å². The van der Waals surface area contributed by atoms with Crippen LogP contribution in [-0.4, -0.2) is 38.3 Å². The minimum absolute atomic E-state index is 0.172. The second-order valence-electron chi connectivity index (χ2n) is 5.15. The normalized spacial score (nSPS) is 33.6. The number of carbonyl (C=O) groups is 1. The number of amides is 1. The number of piperidine rings is 1. The van der Waals surface area contributed by atoms with E-state index < -0.39 is 0 Å². The quantitative estimate of drug-likeness (QED) is 0.768. The fourth-order valence-electron chi connectivity index (χ4n) is 2.83. The first kappa shape index (κ1) is 12.8. The van der Waals surface area contributed by atoms with Gasteiger partial charge in [-0.15, -0.1) is 0 Å². The molecule has 2 heterocycles. The van der Waals surface area contributed by atoms with Crippen molar-refractivity contribution in [1.82, 2.24) is 10.6 Å². The van der Waals surface area contributed by atoms with Crippen molar-refractivity contribution in [2.24, 2.45) is 11.8 Å². The van der Waals surface area contributed by atoms with Crippen molar-refractivity contribution in [3.8, 4) is 0 Å². The molecule has 0 aromatic carbocycles. The average molecular weight is 240 g/mol. The summed E-state index contributed by atoms with van der Waals surface area (Å²) in [5, 5.41) is 6.38. The molecule has 4 nitrogen and oxygen atoms in total. The van der Waals surface area contributed by atoms with Gasteiger partial charge in [-0.2, -0.15) is 0 Å². The number of ether oxygens (including phenoxy) is 1. The lowest BCUT2D eigenvalue weighted by atomic mass is 9.97. The zero-order valence-electron chi connectivity index (χ0n) is 10.7. The standard InChI is InChI=1S/C13H24N2O2/c1-2-12-10(5-7-17-12)9-15-13(16)11-4-3-6-14-8-11/h10-12,14H,2-9H2,1H3,(H,15,16)/t10?,11-,12?/m0/s1. The number of hydrogen-bond donors (Lipinski definition) is 2. The highest BCUT2D eigenvalue weighted by molar-refractivity contribution is 5.78. The molecule has 98 valence electrons. The minimum Gasteiger partial charge on any atom is -0.378 e. The molecule has 0 aromatic rings. The molecule has 2 saturated heterocycles. The van der Waals surface area contributed by atoms with Crippen LogP contribution in [-0.2, 0) is 9.53 Å². The summed E-state index contributed by atoms with van der Waals surface area (Å²) in [4.78, 5) is 12.0. The lowest BCUT2D eigenvalue weighted by Gasteiger charge is -2.23. The van der Waals surface area contributed by atoms with E-state index in [2.05, 4.69) is 17.6 Å². The van der Waals surface area contributed by atoms with Crippen LogP contribution in [0.15, 0.2) is 0 Å². The molecule has 0 spiro atoms. The fourth-order valence-corrected chi connectivity index (χ4v) is 2.83. The Morgan fingerprint density at radius 1 is 1.47 bits per heavy atom. The second-order valence-corrected chi connectivity index (χ2v) is 5.15. The van der Waals surface area contributed by atoms with Crippen LogP contribution in [0.4, 0.5) is 0 Å². The largest absolute Gasteiger partial charge is 0.378 e. The van der Waals surface area contributed by atoms with Crippen LogP contribution in [0.25, 0.3) is 0 Å². The third kappa shape index (κ3) is 3.42. The van der Waals surface area contributed by atoms with E-state index in [1.807, 2.05) is 0 Å². The molecule has 2 fully saturated rings. The predicted octanol–water partition coefficient (Wildman–Crippen LogP) is 0.917. The maximum absolute atomic E-state index is 12.0. The van der Waals surface area contributed by atoms with E-state index in [9.17, 15) is 4.79 Å². The van der Waals surface area contributed by atoms with Crippen molar-refractivity contribution < 1.29 is 9.53 Å². The first-order chi connectivity index (χ1) is 8.31. The smallest absolute Gasteiger partial charge is 0.224 e. The highest BCUT2D eigenvalue weighted by atomic mass is 16.5. The van der Waals surface area contributed by atoms with Gasteiger partial charge in [0.15, 0.2) is 0 Å². The molecule has 0 radical (unpaired) electrons. The summed E-state index contributed by atoms with van der Waals surface area (Å²) in [6.45, 7) is 5.68. The van der Waals surface area contributed by atoms with Crippen LogP contribution in [0.2, 0.25) is 0 Å².